The van der Waals surface area contributed by atoms with Crippen LogP contribution in [0.25, 0.3) is 0 Å². The Morgan fingerprint density at radius 1 is 0.955 bits per heavy atom. The van der Waals surface area contributed by atoms with Gasteiger partial charge in [0.05, 0.1) is 6.07 Å². The van der Waals surface area contributed by atoms with Crippen LogP contribution < -0.4 is 0 Å². The molecule has 0 unspecified atom stereocenters. The van der Waals surface area contributed by atoms with Crippen LogP contribution in [0.15, 0.2) is 12.1 Å². The Morgan fingerprint density at radius 2 is 1.64 bits per heavy atom. The zero-order valence-corrected chi connectivity index (χ0v) is 14.3. The Kier molecular flexibility index (Phi) is 6.93. The number of aryl methyl sites for hydroxylation is 3. The molecule has 2 rings (SSSR count). The van der Waals surface area contributed by atoms with E-state index >= 15 is 0 Å². The van der Waals surface area contributed by atoms with Gasteiger partial charge in [-0.1, -0.05) is 25.0 Å². The number of unbranched alkanes of at least 4 members (excludes halogenated alkanes) is 3. The lowest BCUT2D eigenvalue weighted by atomic mass is 9.95. The summed E-state index contributed by atoms with van der Waals surface area (Å²) in [6, 6.07) is 7.05. The van der Waals surface area contributed by atoms with Gasteiger partial charge in [0.25, 0.3) is 0 Å². The Bertz CT molecular complexity index is 507. The molecule has 0 saturated carbocycles. The highest BCUT2D eigenvalue weighted by Crippen LogP contribution is 2.22. The van der Waals surface area contributed by atoms with Crippen molar-refractivity contribution in [1.82, 2.24) is 4.90 Å². The van der Waals surface area contributed by atoms with Crippen molar-refractivity contribution in [3.8, 4) is 6.07 Å². The van der Waals surface area contributed by atoms with Crippen molar-refractivity contribution in [3.63, 3.8) is 0 Å². The molecule has 0 bridgehead atoms. The standard InChI is InChI=1S/C20H30N2/c1-17-14-19(10-6-3-4-7-11-21)20(15-18(17)2)16-22-12-8-5-9-13-22/h14-15H,3-10,12-13,16H2,1-2H3. The largest absolute Gasteiger partial charge is 0.299 e. The van der Waals surface area contributed by atoms with E-state index in [0.717, 1.165) is 19.4 Å². The smallest absolute Gasteiger partial charge is 0.0621 e. The van der Waals surface area contributed by atoms with E-state index in [2.05, 4.69) is 36.9 Å². The van der Waals surface area contributed by atoms with Gasteiger partial charge in [-0.25, -0.2) is 0 Å². The normalized spacial score (nSPS) is 15.7. The highest BCUT2D eigenvalue weighted by molar-refractivity contribution is 5.37. The minimum atomic E-state index is 0.702. The van der Waals surface area contributed by atoms with E-state index in [4.69, 9.17) is 5.26 Å². The minimum absolute atomic E-state index is 0.702. The number of piperidine rings is 1. The molecule has 0 aromatic heterocycles. The zero-order valence-electron chi connectivity index (χ0n) is 14.3. The Morgan fingerprint density at radius 3 is 2.32 bits per heavy atom. The predicted octanol–water partition coefficient (Wildman–Crippen LogP) is 4.92. The second-order valence-electron chi connectivity index (χ2n) is 6.76. The molecular weight excluding hydrogens is 268 g/mol. The summed E-state index contributed by atoms with van der Waals surface area (Å²) in [5, 5.41) is 8.62. The topological polar surface area (TPSA) is 27.0 Å². The van der Waals surface area contributed by atoms with Gasteiger partial charge < -0.3 is 0 Å². The van der Waals surface area contributed by atoms with Crippen LogP contribution in [0.2, 0.25) is 0 Å². The fourth-order valence-corrected chi connectivity index (χ4v) is 3.37. The first-order chi connectivity index (χ1) is 10.7. The van der Waals surface area contributed by atoms with Crippen LogP contribution in [0.5, 0.6) is 0 Å². The molecule has 2 heteroatoms. The third-order valence-electron chi connectivity index (χ3n) is 4.89. The zero-order chi connectivity index (χ0) is 15.8. The van der Waals surface area contributed by atoms with E-state index in [1.165, 1.54) is 67.4 Å². The Balaban J connectivity index is 1.99. The maximum absolute atomic E-state index is 8.62. The molecule has 1 aliphatic rings. The van der Waals surface area contributed by atoms with Crippen molar-refractivity contribution in [1.29, 1.82) is 5.26 Å². The molecule has 22 heavy (non-hydrogen) atoms. The molecule has 0 atom stereocenters. The van der Waals surface area contributed by atoms with Crippen molar-refractivity contribution in [2.75, 3.05) is 13.1 Å². The first kappa shape index (κ1) is 17.0. The van der Waals surface area contributed by atoms with Crippen LogP contribution in [0.3, 0.4) is 0 Å². The minimum Gasteiger partial charge on any atom is -0.299 e. The van der Waals surface area contributed by atoms with Crippen molar-refractivity contribution < 1.29 is 0 Å². The van der Waals surface area contributed by atoms with Crippen LogP contribution in [0, 0.1) is 25.2 Å². The molecule has 1 aliphatic heterocycles. The van der Waals surface area contributed by atoms with Crippen LogP contribution in [-0.4, -0.2) is 18.0 Å². The molecule has 1 aromatic rings. The van der Waals surface area contributed by atoms with Gasteiger partial charge in [-0.05, 0) is 81.3 Å². The molecule has 0 radical (unpaired) electrons. The molecule has 120 valence electrons. The van der Waals surface area contributed by atoms with E-state index in [1.54, 1.807) is 0 Å². The van der Waals surface area contributed by atoms with Gasteiger partial charge in [0, 0.05) is 13.0 Å². The van der Waals surface area contributed by atoms with Gasteiger partial charge in [0.2, 0.25) is 0 Å². The highest BCUT2D eigenvalue weighted by atomic mass is 15.1. The van der Waals surface area contributed by atoms with Crippen LogP contribution in [0.4, 0.5) is 0 Å². The number of nitriles is 1. The third-order valence-corrected chi connectivity index (χ3v) is 4.89. The monoisotopic (exact) mass is 298 g/mol. The van der Waals surface area contributed by atoms with Gasteiger partial charge in [-0.3, -0.25) is 4.90 Å². The van der Waals surface area contributed by atoms with Crippen molar-refractivity contribution in [3.05, 3.63) is 34.4 Å². The molecular formula is C20H30N2. The highest BCUT2D eigenvalue weighted by Gasteiger charge is 2.13. The molecule has 0 N–H and O–H groups in total. The second kappa shape index (κ2) is 8.96. The number of nitrogens with zero attached hydrogens (tertiary/aromatic N) is 2. The first-order valence-corrected chi connectivity index (χ1v) is 8.89. The van der Waals surface area contributed by atoms with Crippen molar-refractivity contribution in [2.45, 2.75) is 71.8 Å². The fourth-order valence-electron chi connectivity index (χ4n) is 3.37. The summed E-state index contributed by atoms with van der Waals surface area (Å²) in [6.07, 6.45) is 9.39. The lowest BCUT2D eigenvalue weighted by molar-refractivity contribution is 0.220. The summed E-state index contributed by atoms with van der Waals surface area (Å²) in [4.78, 5) is 2.62. The van der Waals surface area contributed by atoms with Gasteiger partial charge in [0.1, 0.15) is 0 Å². The molecule has 0 amide bonds. The van der Waals surface area contributed by atoms with Crippen LogP contribution in [0.1, 0.15) is 67.2 Å². The van der Waals surface area contributed by atoms with Gasteiger partial charge in [-0.2, -0.15) is 5.26 Å². The summed E-state index contributed by atoms with van der Waals surface area (Å²) in [5.74, 6) is 0. The van der Waals surface area contributed by atoms with E-state index in [9.17, 15) is 0 Å². The lowest BCUT2D eigenvalue weighted by Crippen LogP contribution is -2.29. The van der Waals surface area contributed by atoms with E-state index < -0.39 is 0 Å². The predicted molar refractivity (Wildman–Crippen MR) is 92.8 cm³/mol. The maximum Gasteiger partial charge on any atom is 0.0621 e. The van der Waals surface area contributed by atoms with E-state index in [1.807, 2.05) is 0 Å². The number of hydrogen-bond acceptors (Lipinski definition) is 2. The number of hydrogen-bond donors (Lipinski definition) is 0. The average Bonchev–Trinajstić information content (AvgIpc) is 2.52. The summed E-state index contributed by atoms with van der Waals surface area (Å²) < 4.78 is 0. The lowest BCUT2D eigenvalue weighted by Gasteiger charge is -2.27. The molecule has 0 spiro atoms. The Hall–Kier alpha value is -1.33. The molecule has 0 aliphatic carbocycles. The Labute approximate surface area is 136 Å². The summed E-state index contributed by atoms with van der Waals surface area (Å²) >= 11 is 0. The maximum atomic E-state index is 8.62. The molecule has 1 fully saturated rings. The molecule has 1 heterocycles. The van der Waals surface area contributed by atoms with Gasteiger partial charge >= 0.3 is 0 Å². The second-order valence-corrected chi connectivity index (χ2v) is 6.76. The van der Waals surface area contributed by atoms with Crippen LogP contribution in [-0.2, 0) is 13.0 Å². The van der Waals surface area contributed by atoms with Gasteiger partial charge in [-0.15, -0.1) is 0 Å². The van der Waals surface area contributed by atoms with E-state index in [0.29, 0.717) is 6.42 Å². The molecule has 2 nitrogen and oxygen atoms in total. The summed E-state index contributed by atoms with van der Waals surface area (Å²) in [5.41, 5.74) is 5.89. The average molecular weight is 298 g/mol. The summed E-state index contributed by atoms with van der Waals surface area (Å²) in [7, 11) is 0. The van der Waals surface area contributed by atoms with Crippen molar-refractivity contribution in [2.24, 2.45) is 0 Å². The first-order valence-electron chi connectivity index (χ1n) is 8.89. The number of likely N-dealkylation sites (tertiary alicyclic amines) is 1. The number of benzene rings is 1. The molecule has 1 saturated heterocycles. The van der Waals surface area contributed by atoms with Crippen molar-refractivity contribution >= 4 is 0 Å². The molecule has 1 aromatic carbocycles. The van der Waals surface area contributed by atoms with Crippen LogP contribution >= 0.6 is 0 Å². The third kappa shape index (κ3) is 5.14. The quantitative estimate of drug-likeness (QED) is 0.668. The summed E-state index contributed by atoms with van der Waals surface area (Å²) in [6.45, 7) is 8.09. The fraction of sp³-hybridized carbons (Fsp3) is 0.650. The van der Waals surface area contributed by atoms with Gasteiger partial charge in [0.15, 0.2) is 0 Å². The van der Waals surface area contributed by atoms with E-state index in [-0.39, 0.29) is 0 Å². The number of rotatable bonds is 7. The SMILES string of the molecule is Cc1cc(CCCCCC#N)c(CN2CCCCC2)cc1C.